The van der Waals surface area contributed by atoms with Crippen molar-refractivity contribution < 1.29 is 23.8 Å². The van der Waals surface area contributed by atoms with Crippen molar-refractivity contribution in [3.8, 4) is 11.6 Å². The number of benzene rings is 1. The predicted octanol–water partition coefficient (Wildman–Crippen LogP) is 5.55. The molecule has 5 nitrogen and oxygen atoms in total. The number of hydrogen-bond acceptors (Lipinski definition) is 4. The van der Waals surface area contributed by atoms with Gasteiger partial charge in [0.25, 0.3) is 0 Å². The number of hydrogen-bond donors (Lipinski definition) is 1. The van der Waals surface area contributed by atoms with Gasteiger partial charge in [0.2, 0.25) is 5.88 Å². The largest absolute Gasteiger partial charge is 0.497 e. The van der Waals surface area contributed by atoms with Crippen molar-refractivity contribution in [2.75, 3.05) is 13.7 Å². The number of rotatable bonds is 9. The van der Waals surface area contributed by atoms with E-state index in [1.54, 1.807) is 19.4 Å². The number of methoxy groups -OCH3 is 1. The van der Waals surface area contributed by atoms with E-state index in [1.165, 1.54) is 6.07 Å². The van der Waals surface area contributed by atoms with E-state index in [9.17, 15) is 14.3 Å². The SMILES string of the molecule is COc1ccc(F)c([C@H]2CC[C@@H](COc3cc([C@H](CC(=O)O)C4CC4)ccn3)CC2)c1. The van der Waals surface area contributed by atoms with E-state index in [-0.39, 0.29) is 24.1 Å². The van der Waals surface area contributed by atoms with Crippen molar-refractivity contribution in [3.63, 3.8) is 0 Å². The van der Waals surface area contributed by atoms with Gasteiger partial charge < -0.3 is 14.6 Å². The first-order chi connectivity index (χ1) is 15.0. The van der Waals surface area contributed by atoms with Crippen LogP contribution in [0.4, 0.5) is 4.39 Å². The van der Waals surface area contributed by atoms with Crippen LogP contribution in [0.15, 0.2) is 36.5 Å². The Morgan fingerprint density at radius 3 is 2.61 bits per heavy atom. The lowest BCUT2D eigenvalue weighted by Gasteiger charge is -2.29. The maximum absolute atomic E-state index is 14.3. The molecule has 0 aliphatic heterocycles. The lowest BCUT2D eigenvalue weighted by Crippen LogP contribution is -2.20. The molecule has 166 valence electrons. The molecule has 2 aliphatic carbocycles. The lowest BCUT2D eigenvalue weighted by atomic mass is 9.79. The van der Waals surface area contributed by atoms with Gasteiger partial charge in [-0.1, -0.05) is 0 Å². The highest BCUT2D eigenvalue weighted by molar-refractivity contribution is 5.68. The molecule has 1 N–H and O–H groups in total. The number of carboxylic acids is 1. The second-order valence-electron chi connectivity index (χ2n) is 8.89. The molecule has 0 radical (unpaired) electrons. The monoisotopic (exact) mass is 427 g/mol. The molecule has 31 heavy (non-hydrogen) atoms. The van der Waals surface area contributed by atoms with E-state index in [1.807, 2.05) is 18.2 Å². The van der Waals surface area contributed by atoms with Crippen LogP contribution in [0.3, 0.4) is 0 Å². The summed E-state index contributed by atoms with van der Waals surface area (Å²) in [6.07, 6.45) is 7.85. The zero-order valence-electron chi connectivity index (χ0n) is 17.9. The molecule has 0 bridgehead atoms. The Morgan fingerprint density at radius 2 is 1.94 bits per heavy atom. The van der Waals surface area contributed by atoms with Crippen LogP contribution >= 0.6 is 0 Å². The third-order valence-corrected chi connectivity index (χ3v) is 6.73. The van der Waals surface area contributed by atoms with Gasteiger partial charge in [0, 0.05) is 12.3 Å². The average Bonchev–Trinajstić information content (AvgIpc) is 3.62. The molecule has 1 aromatic carbocycles. The van der Waals surface area contributed by atoms with Crippen molar-refractivity contribution in [2.45, 2.75) is 56.8 Å². The maximum Gasteiger partial charge on any atom is 0.303 e. The Hall–Kier alpha value is -2.63. The fourth-order valence-corrected chi connectivity index (χ4v) is 4.78. The second-order valence-corrected chi connectivity index (χ2v) is 8.89. The topological polar surface area (TPSA) is 68.7 Å². The highest BCUT2D eigenvalue weighted by atomic mass is 19.1. The van der Waals surface area contributed by atoms with E-state index in [0.717, 1.165) is 49.7 Å². The number of ether oxygens (including phenoxy) is 2. The fraction of sp³-hybridized carbons (Fsp3) is 0.520. The Balaban J connectivity index is 1.31. The summed E-state index contributed by atoms with van der Waals surface area (Å²) in [5.41, 5.74) is 1.75. The van der Waals surface area contributed by atoms with Gasteiger partial charge in [0.1, 0.15) is 11.6 Å². The third-order valence-electron chi connectivity index (χ3n) is 6.73. The first-order valence-corrected chi connectivity index (χ1v) is 11.2. The molecular formula is C25H30FNO4. The van der Waals surface area contributed by atoms with Crippen LogP contribution < -0.4 is 9.47 Å². The first kappa shape index (κ1) is 21.6. The van der Waals surface area contributed by atoms with Crippen LogP contribution in [0.25, 0.3) is 0 Å². The number of carboxylic acid groups (broad SMARTS) is 1. The maximum atomic E-state index is 14.3. The molecule has 0 spiro atoms. The van der Waals surface area contributed by atoms with Crippen molar-refractivity contribution in [2.24, 2.45) is 11.8 Å². The molecule has 1 heterocycles. The normalized spacial score (nSPS) is 22.0. The summed E-state index contributed by atoms with van der Waals surface area (Å²) in [5, 5.41) is 9.24. The number of halogens is 1. The second kappa shape index (κ2) is 9.67. The number of aliphatic carboxylic acids is 1. The molecule has 6 heteroatoms. The summed E-state index contributed by atoms with van der Waals surface area (Å²) in [6.45, 7) is 0.580. The molecule has 4 rings (SSSR count). The van der Waals surface area contributed by atoms with Crippen molar-refractivity contribution >= 4 is 5.97 Å². The summed E-state index contributed by atoms with van der Waals surface area (Å²) in [7, 11) is 1.60. The lowest BCUT2D eigenvalue weighted by molar-refractivity contribution is -0.137. The molecule has 0 saturated heterocycles. The van der Waals surface area contributed by atoms with Gasteiger partial charge in [0.15, 0.2) is 0 Å². The van der Waals surface area contributed by atoms with Crippen LogP contribution in [0.1, 0.15) is 67.9 Å². The molecular weight excluding hydrogens is 397 g/mol. The highest BCUT2D eigenvalue weighted by Crippen LogP contribution is 2.45. The van der Waals surface area contributed by atoms with Gasteiger partial charge in [0.05, 0.1) is 20.1 Å². The molecule has 0 amide bonds. The van der Waals surface area contributed by atoms with Crippen molar-refractivity contribution in [3.05, 3.63) is 53.5 Å². The third kappa shape index (κ3) is 5.54. The van der Waals surface area contributed by atoms with Crippen LogP contribution in [-0.4, -0.2) is 29.8 Å². The molecule has 2 aromatic rings. The van der Waals surface area contributed by atoms with Crippen molar-refractivity contribution in [1.29, 1.82) is 0 Å². The molecule has 2 fully saturated rings. The Kier molecular flexibility index (Phi) is 6.73. The predicted molar refractivity (Wildman–Crippen MR) is 115 cm³/mol. The standard InChI is InChI=1S/C25H30FNO4/c1-30-20-8-9-23(26)22(13-20)18-4-2-16(3-5-18)15-31-24-12-19(10-11-27-24)21(14-25(28)29)17-6-7-17/h8-13,16-18,21H,2-7,14-15H2,1H3,(H,28,29)/t16-,18+,21-/m1/s1. The fourth-order valence-electron chi connectivity index (χ4n) is 4.78. The minimum Gasteiger partial charge on any atom is -0.497 e. The zero-order chi connectivity index (χ0) is 21.8. The number of aromatic nitrogens is 1. The molecule has 1 atom stereocenters. The summed E-state index contributed by atoms with van der Waals surface area (Å²) < 4.78 is 25.5. The van der Waals surface area contributed by atoms with Gasteiger partial charge in [-0.3, -0.25) is 4.79 Å². The number of carbonyl (C=O) groups is 1. The summed E-state index contributed by atoms with van der Waals surface area (Å²) in [6, 6.07) is 8.78. The Labute approximate surface area is 182 Å². The minimum absolute atomic E-state index is 0.0380. The van der Waals surface area contributed by atoms with E-state index >= 15 is 0 Å². The minimum atomic E-state index is -0.764. The molecule has 2 saturated carbocycles. The zero-order valence-corrected chi connectivity index (χ0v) is 17.9. The van der Waals surface area contributed by atoms with E-state index in [0.29, 0.717) is 30.1 Å². The molecule has 2 aliphatic rings. The Morgan fingerprint density at radius 1 is 1.16 bits per heavy atom. The summed E-state index contributed by atoms with van der Waals surface area (Å²) in [5.74, 6) is 1.45. The van der Waals surface area contributed by atoms with E-state index in [2.05, 4.69) is 4.98 Å². The smallest absolute Gasteiger partial charge is 0.303 e. The van der Waals surface area contributed by atoms with Gasteiger partial charge in [-0.15, -0.1) is 0 Å². The van der Waals surface area contributed by atoms with Gasteiger partial charge in [-0.2, -0.15) is 0 Å². The van der Waals surface area contributed by atoms with E-state index in [4.69, 9.17) is 9.47 Å². The van der Waals surface area contributed by atoms with Crippen LogP contribution in [-0.2, 0) is 4.79 Å². The van der Waals surface area contributed by atoms with Crippen LogP contribution in [0.5, 0.6) is 11.6 Å². The summed E-state index contributed by atoms with van der Waals surface area (Å²) >= 11 is 0. The summed E-state index contributed by atoms with van der Waals surface area (Å²) in [4.78, 5) is 15.6. The van der Waals surface area contributed by atoms with Gasteiger partial charge >= 0.3 is 5.97 Å². The van der Waals surface area contributed by atoms with Crippen LogP contribution in [0.2, 0.25) is 0 Å². The first-order valence-electron chi connectivity index (χ1n) is 11.2. The van der Waals surface area contributed by atoms with Crippen molar-refractivity contribution in [1.82, 2.24) is 4.98 Å². The average molecular weight is 428 g/mol. The molecule has 0 unspecified atom stereocenters. The highest BCUT2D eigenvalue weighted by Gasteiger charge is 2.34. The number of nitrogens with zero attached hydrogens (tertiary/aromatic N) is 1. The quantitative estimate of drug-likeness (QED) is 0.568. The van der Waals surface area contributed by atoms with E-state index < -0.39 is 5.97 Å². The van der Waals surface area contributed by atoms with Gasteiger partial charge in [-0.25, -0.2) is 9.37 Å². The molecule has 1 aromatic heterocycles. The van der Waals surface area contributed by atoms with Gasteiger partial charge in [-0.05, 0) is 97.6 Å². The Bertz CT molecular complexity index is 906. The number of pyridine rings is 1. The van der Waals surface area contributed by atoms with Crippen LogP contribution in [0, 0.1) is 17.7 Å².